The predicted octanol–water partition coefficient (Wildman–Crippen LogP) is 11.5. The highest BCUT2D eigenvalue weighted by Crippen LogP contribution is 2.41. The molecule has 42 heavy (non-hydrogen) atoms. The van der Waals surface area contributed by atoms with Crippen LogP contribution in [0.5, 0.6) is 0 Å². The van der Waals surface area contributed by atoms with Gasteiger partial charge in [0.1, 0.15) is 0 Å². The van der Waals surface area contributed by atoms with Crippen LogP contribution in [0.15, 0.2) is 163 Å². The van der Waals surface area contributed by atoms with E-state index in [0.717, 1.165) is 39.5 Å². The monoisotopic (exact) mass is 539 g/mol. The average molecular weight is 540 g/mol. The summed E-state index contributed by atoms with van der Waals surface area (Å²) >= 11 is 0. The second-order valence-corrected chi connectivity index (χ2v) is 10.4. The van der Waals surface area contributed by atoms with Crippen LogP contribution in [0.1, 0.15) is 24.5 Å². The molecule has 0 aliphatic carbocycles. The van der Waals surface area contributed by atoms with E-state index in [9.17, 15) is 0 Å². The number of nitrogens with zero attached hydrogens (tertiary/aromatic N) is 1. The highest BCUT2D eigenvalue weighted by atomic mass is 14.7. The van der Waals surface area contributed by atoms with Gasteiger partial charge in [0.25, 0.3) is 0 Å². The largest absolute Gasteiger partial charge is 0.256 e. The summed E-state index contributed by atoms with van der Waals surface area (Å²) in [6.45, 7) is 11.1. The summed E-state index contributed by atoms with van der Waals surface area (Å²) in [7, 11) is 0. The van der Waals surface area contributed by atoms with Crippen molar-refractivity contribution < 1.29 is 0 Å². The molecular weight excluding hydrogens is 506 g/mol. The zero-order valence-corrected chi connectivity index (χ0v) is 23.9. The van der Waals surface area contributed by atoms with Crippen molar-refractivity contribution in [1.29, 1.82) is 0 Å². The Balaban J connectivity index is 1.46. The molecule has 1 nitrogen and oxygen atoms in total. The van der Waals surface area contributed by atoms with E-state index < -0.39 is 0 Å². The number of rotatable bonds is 8. The molecule has 0 bridgehead atoms. The predicted molar refractivity (Wildman–Crippen MR) is 185 cm³/mol. The van der Waals surface area contributed by atoms with Gasteiger partial charge in [0.15, 0.2) is 0 Å². The summed E-state index contributed by atoms with van der Waals surface area (Å²) in [4.78, 5) is 4.94. The Morgan fingerprint density at radius 2 is 1.21 bits per heavy atom. The molecule has 0 amide bonds. The highest BCUT2D eigenvalue weighted by molar-refractivity contribution is 6.25. The number of hydrogen-bond acceptors (Lipinski definition) is 1. The van der Waals surface area contributed by atoms with Gasteiger partial charge in [-0.15, -0.1) is 0 Å². The van der Waals surface area contributed by atoms with Crippen LogP contribution in [-0.2, 0) is 0 Å². The van der Waals surface area contributed by atoms with Crippen LogP contribution in [-0.4, -0.2) is 6.21 Å². The molecule has 0 unspecified atom stereocenters. The molecule has 6 rings (SSSR count). The molecule has 0 heterocycles. The van der Waals surface area contributed by atoms with E-state index in [0.29, 0.717) is 5.70 Å². The fourth-order valence-corrected chi connectivity index (χ4v) is 5.78. The van der Waals surface area contributed by atoms with Gasteiger partial charge in [-0.25, -0.2) is 0 Å². The zero-order valence-electron chi connectivity index (χ0n) is 23.9. The van der Waals surface area contributed by atoms with Crippen LogP contribution in [0.4, 0.5) is 0 Å². The SMILES string of the molecule is C=C(N=CC(=C)c1c2ccccc2c(-c2ccccc2)c2ccccc12)/C(=C\C=C/CC)c1cccc2ccccc12. The molecule has 0 saturated heterocycles. The quantitative estimate of drug-likeness (QED) is 0.104. The minimum atomic E-state index is 0.697. The van der Waals surface area contributed by atoms with Crippen LogP contribution < -0.4 is 0 Å². The maximum Gasteiger partial charge on any atom is 0.0636 e. The molecule has 0 aliphatic rings. The molecule has 0 spiro atoms. The number of benzene rings is 6. The lowest BCUT2D eigenvalue weighted by atomic mass is 9.86. The summed E-state index contributed by atoms with van der Waals surface area (Å²) < 4.78 is 0. The van der Waals surface area contributed by atoms with Crippen molar-refractivity contribution in [3.8, 4) is 11.1 Å². The molecule has 0 saturated carbocycles. The van der Waals surface area contributed by atoms with E-state index in [-0.39, 0.29) is 0 Å². The Labute approximate surface area is 248 Å². The van der Waals surface area contributed by atoms with Crippen LogP contribution in [0.25, 0.3) is 54.6 Å². The van der Waals surface area contributed by atoms with E-state index in [2.05, 4.69) is 160 Å². The first-order chi connectivity index (χ1) is 20.7. The Bertz CT molecular complexity index is 1970. The molecule has 6 aromatic carbocycles. The third-order valence-electron chi connectivity index (χ3n) is 7.72. The molecule has 0 aliphatic heterocycles. The third-order valence-corrected chi connectivity index (χ3v) is 7.72. The number of allylic oxidation sites excluding steroid dienone is 5. The van der Waals surface area contributed by atoms with E-state index in [1.165, 1.54) is 32.7 Å². The Morgan fingerprint density at radius 3 is 1.88 bits per heavy atom. The molecule has 6 aromatic rings. The van der Waals surface area contributed by atoms with Gasteiger partial charge in [-0.3, -0.25) is 4.99 Å². The third kappa shape index (κ3) is 5.13. The van der Waals surface area contributed by atoms with Crippen molar-refractivity contribution >= 4 is 49.7 Å². The summed E-state index contributed by atoms with van der Waals surface area (Å²) in [6, 6.07) is 42.7. The Morgan fingerprint density at radius 1 is 0.643 bits per heavy atom. The van der Waals surface area contributed by atoms with Gasteiger partial charge in [0, 0.05) is 11.8 Å². The lowest BCUT2D eigenvalue weighted by Crippen LogP contribution is -1.95. The van der Waals surface area contributed by atoms with Crippen LogP contribution in [0.3, 0.4) is 0 Å². The second kappa shape index (κ2) is 12.1. The van der Waals surface area contributed by atoms with Gasteiger partial charge in [0.05, 0.1) is 5.70 Å². The molecular formula is C41H33N. The fourth-order valence-electron chi connectivity index (χ4n) is 5.78. The molecule has 0 fully saturated rings. The summed E-state index contributed by atoms with van der Waals surface area (Å²) in [5.41, 5.74) is 7.20. The highest BCUT2D eigenvalue weighted by Gasteiger charge is 2.16. The van der Waals surface area contributed by atoms with Crippen molar-refractivity contribution in [2.45, 2.75) is 13.3 Å². The molecule has 202 valence electrons. The first-order valence-electron chi connectivity index (χ1n) is 14.4. The average Bonchev–Trinajstić information content (AvgIpc) is 3.04. The number of fused-ring (bicyclic) bond motifs is 3. The van der Waals surface area contributed by atoms with Gasteiger partial charge < -0.3 is 0 Å². The number of hydrogen-bond donors (Lipinski definition) is 0. The lowest BCUT2D eigenvalue weighted by molar-refractivity contribution is 1.22. The van der Waals surface area contributed by atoms with Crippen molar-refractivity contribution in [3.63, 3.8) is 0 Å². The second-order valence-electron chi connectivity index (χ2n) is 10.4. The van der Waals surface area contributed by atoms with Crippen LogP contribution in [0.2, 0.25) is 0 Å². The van der Waals surface area contributed by atoms with Crippen molar-refractivity contribution in [1.82, 2.24) is 0 Å². The zero-order chi connectivity index (χ0) is 28.9. The maximum absolute atomic E-state index is 4.94. The van der Waals surface area contributed by atoms with Crippen molar-refractivity contribution in [3.05, 3.63) is 170 Å². The van der Waals surface area contributed by atoms with E-state index in [1.54, 1.807) is 0 Å². The lowest BCUT2D eigenvalue weighted by Gasteiger charge is -2.17. The van der Waals surface area contributed by atoms with E-state index in [1.807, 2.05) is 6.21 Å². The standard InChI is InChI=1S/C41H33N/c1-4-5-7-21-33(35-27-16-20-31-17-10-11-22-34(31)35)30(3)42-28-29(2)40-36-23-12-14-25-38(36)41(32-18-8-6-9-19-32)39-26-15-13-24-37(39)40/h5-28H,2-4H2,1H3/b7-5-,33-21+,42-28?. The van der Waals surface area contributed by atoms with Gasteiger partial charge in [-0.05, 0) is 66.6 Å². The Kier molecular flexibility index (Phi) is 7.74. The minimum absolute atomic E-state index is 0.697. The van der Waals surface area contributed by atoms with Gasteiger partial charge in [0.2, 0.25) is 0 Å². The topological polar surface area (TPSA) is 12.4 Å². The Hall–Kier alpha value is -5.27. The molecule has 0 aromatic heterocycles. The first kappa shape index (κ1) is 26.9. The maximum atomic E-state index is 4.94. The smallest absolute Gasteiger partial charge is 0.0636 e. The fraction of sp³-hybridized carbons (Fsp3) is 0.0488. The van der Waals surface area contributed by atoms with Crippen LogP contribution >= 0.6 is 0 Å². The normalized spacial score (nSPS) is 12.2. The first-order valence-corrected chi connectivity index (χ1v) is 14.4. The van der Waals surface area contributed by atoms with Crippen molar-refractivity contribution in [2.75, 3.05) is 0 Å². The van der Waals surface area contributed by atoms with Gasteiger partial charge in [-0.2, -0.15) is 0 Å². The van der Waals surface area contributed by atoms with Crippen molar-refractivity contribution in [2.24, 2.45) is 4.99 Å². The summed E-state index contributed by atoms with van der Waals surface area (Å²) in [5.74, 6) is 0. The van der Waals surface area contributed by atoms with Crippen LogP contribution in [0, 0.1) is 0 Å². The molecule has 1 heteroatoms. The van der Waals surface area contributed by atoms with E-state index in [4.69, 9.17) is 4.99 Å². The van der Waals surface area contributed by atoms with E-state index >= 15 is 0 Å². The summed E-state index contributed by atoms with van der Waals surface area (Å²) in [6.07, 6.45) is 9.20. The molecule has 0 N–H and O–H groups in total. The number of aliphatic imine (C=N–C) groups is 1. The van der Waals surface area contributed by atoms with Gasteiger partial charge in [-0.1, -0.05) is 160 Å². The van der Waals surface area contributed by atoms with Gasteiger partial charge >= 0.3 is 0 Å². The molecule has 0 atom stereocenters. The molecule has 0 radical (unpaired) electrons. The summed E-state index contributed by atoms with van der Waals surface area (Å²) in [5, 5.41) is 7.09. The minimum Gasteiger partial charge on any atom is -0.256 e.